The summed E-state index contributed by atoms with van der Waals surface area (Å²) in [6.45, 7) is 0.266. The summed E-state index contributed by atoms with van der Waals surface area (Å²) in [4.78, 5) is 13.6. The second-order valence-electron chi connectivity index (χ2n) is 6.96. The van der Waals surface area contributed by atoms with Crippen LogP contribution in [0.2, 0.25) is 5.02 Å². The molecule has 2 aromatic carbocycles. The van der Waals surface area contributed by atoms with Gasteiger partial charge in [0, 0.05) is 30.3 Å². The number of amides is 1. The van der Waals surface area contributed by atoms with Gasteiger partial charge < -0.3 is 14.2 Å². The zero-order valence-corrected chi connectivity index (χ0v) is 17.4. The molecule has 0 bridgehead atoms. The van der Waals surface area contributed by atoms with E-state index >= 15 is 0 Å². The lowest BCUT2D eigenvalue weighted by atomic mass is 10.1. The molecular weight excluding hydrogens is 437 g/mol. The molecule has 3 rings (SSSR count). The number of benzene rings is 2. The Balaban J connectivity index is 1.63. The molecule has 0 spiro atoms. The number of alkyl halides is 3. The number of morpholine rings is 1. The van der Waals surface area contributed by atoms with Crippen LogP contribution in [-0.2, 0) is 9.47 Å². The van der Waals surface area contributed by atoms with Gasteiger partial charge in [-0.1, -0.05) is 23.7 Å². The molecule has 1 amide bonds. The first kappa shape index (κ1) is 23.2. The van der Waals surface area contributed by atoms with Gasteiger partial charge in [0.25, 0.3) is 0 Å². The van der Waals surface area contributed by atoms with E-state index in [9.17, 15) is 18.0 Å². The Kier molecular flexibility index (Phi) is 7.64. The lowest BCUT2D eigenvalue weighted by Crippen LogP contribution is -2.48. The van der Waals surface area contributed by atoms with Crippen LogP contribution < -0.4 is 10.1 Å². The highest BCUT2D eigenvalue weighted by molar-refractivity contribution is 6.30. The highest BCUT2D eigenvalue weighted by atomic mass is 35.5. The molecule has 1 N–H and O–H groups in total. The van der Waals surface area contributed by atoms with E-state index in [1.165, 1.54) is 31.4 Å². The number of anilines is 1. The fraction of sp³-hybridized carbons (Fsp3) is 0.381. The lowest BCUT2D eigenvalue weighted by Gasteiger charge is -2.35. The molecule has 1 aliphatic rings. The molecule has 2 unspecified atom stereocenters. The van der Waals surface area contributed by atoms with E-state index in [0.29, 0.717) is 10.8 Å². The van der Waals surface area contributed by atoms with Gasteiger partial charge in [-0.25, -0.2) is 4.79 Å². The average Bonchev–Trinajstić information content (AvgIpc) is 2.74. The Morgan fingerprint density at radius 2 is 2.03 bits per heavy atom. The standard InChI is InChI=1S/C21H22ClF3N2O4/c1-29-17-4-2-3-14(11-17)18-12-27(9-10-30-18)13-19(21(23,24)25)31-20(28)26-16-7-5-15(22)6-8-16/h2-8,11,18-19H,9-10,12-13H2,1H3,(H,26,28). The number of hydrogen-bond donors (Lipinski definition) is 1. The van der Waals surface area contributed by atoms with Crippen LogP contribution >= 0.6 is 11.6 Å². The summed E-state index contributed by atoms with van der Waals surface area (Å²) in [7, 11) is 1.54. The molecule has 1 aliphatic heterocycles. The van der Waals surface area contributed by atoms with Crippen molar-refractivity contribution in [3.63, 3.8) is 0 Å². The fourth-order valence-corrected chi connectivity index (χ4v) is 3.29. The number of methoxy groups -OCH3 is 1. The normalized spacial score (nSPS) is 18.3. The monoisotopic (exact) mass is 458 g/mol. The van der Waals surface area contributed by atoms with Gasteiger partial charge in [0.2, 0.25) is 6.10 Å². The van der Waals surface area contributed by atoms with Crippen LogP contribution in [0.3, 0.4) is 0 Å². The molecule has 0 saturated carbocycles. The number of ether oxygens (including phenoxy) is 3. The SMILES string of the molecule is COc1cccc(C2CN(CC(OC(=O)Nc3ccc(Cl)cc3)C(F)(F)F)CCO2)c1. The maximum Gasteiger partial charge on any atom is 0.426 e. The summed E-state index contributed by atoms with van der Waals surface area (Å²) in [5.74, 6) is 0.633. The molecule has 0 aliphatic carbocycles. The molecule has 0 aromatic heterocycles. The average molecular weight is 459 g/mol. The van der Waals surface area contributed by atoms with Gasteiger partial charge in [-0.15, -0.1) is 0 Å². The summed E-state index contributed by atoms with van der Waals surface area (Å²) < 4.78 is 56.3. The highest BCUT2D eigenvalue weighted by Crippen LogP contribution is 2.29. The summed E-state index contributed by atoms with van der Waals surface area (Å²) >= 11 is 5.76. The summed E-state index contributed by atoms with van der Waals surface area (Å²) in [6.07, 6.45) is -8.62. The van der Waals surface area contributed by atoms with Crippen molar-refractivity contribution in [3.05, 3.63) is 59.1 Å². The van der Waals surface area contributed by atoms with Gasteiger partial charge in [-0.2, -0.15) is 13.2 Å². The molecule has 10 heteroatoms. The number of halogens is 4. The highest BCUT2D eigenvalue weighted by Gasteiger charge is 2.44. The van der Waals surface area contributed by atoms with Crippen molar-refractivity contribution in [2.75, 3.05) is 38.7 Å². The topological polar surface area (TPSA) is 60.0 Å². The minimum absolute atomic E-state index is 0.224. The second kappa shape index (κ2) is 10.2. The first-order valence-corrected chi connectivity index (χ1v) is 9.90. The van der Waals surface area contributed by atoms with Gasteiger partial charge in [-0.3, -0.25) is 10.2 Å². The van der Waals surface area contributed by atoms with E-state index in [1.807, 2.05) is 6.07 Å². The van der Waals surface area contributed by atoms with Crippen LogP contribution in [0.1, 0.15) is 11.7 Å². The molecule has 2 atom stereocenters. The Morgan fingerprint density at radius 3 is 2.71 bits per heavy atom. The molecule has 1 fully saturated rings. The lowest BCUT2D eigenvalue weighted by molar-refractivity contribution is -0.209. The Bertz CT molecular complexity index is 880. The van der Waals surface area contributed by atoms with Crippen LogP contribution in [-0.4, -0.2) is 56.6 Å². The van der Waals surface area contributed by atoms with E-state index in [0.717, 1.165) is 5.56 Å². The predicted molar refractivity (Wildman–Crippen MR) is 110 cm³/mol. The zero-order chi connectivity index (χ0) is 22.4. The van der Waals surface area contributed by atoms with Crippen LogP contribution in [0, 0.1) is 0 Å². The Hall–Kier alpha value is -2.49. The first-order chi connectivity index (χ1) is 14.7. The quantitative estimate of drug-likeness (QED) is 0.667. The van der Waals surface area contributed by atoms with E-state index in [2.05, 4.69) is 5.32 Å². The smallest absolute Gasteiger partial charge is 0.426 e. The summed E-state index contributed by atoms with van der Waals surface area (Å²) in [6, 6.07) is 13.1. The second-order valence-corrected chi connectivity index (χ2v) is 7.40. The van der Waals surface area contributed by atoms with Crippen molar-refractivity contribution in [2.45, 2.75) is 18.4 Å². The van der Waals surface area contributed by atoms with Gasteiger partial charge in [0.05, 0.1) is 19.8 Å². The largest absolute Gasteiger partial charge is 0.497 e. The van der Waals surface area contributed by atoms with Crippen LogP contribution in [0.4, 0.5) is 23.7 Å². The minimum Gasteiger partial charge on any atom is -0.497 e. The Morgan fingerprint density at radius 1 is 1.29 bits per heavy atom. The van der Waals surface area contributed by atoms with Crippen molar-refractivity contribution in [1.82, 2.24) is 4.90 Å². The minimum atomic E-state index is -4.72. The predicted octanol–water partition coefficient (Wildman–Crippen LogP) is 4.90. The van der Waals surface area contributed by atoms with Crippen molar-refractivity contribution in [3.8, 4) is 5.75 Å². The third-order valence-electron chi connectivity index (χ3n) is 4.75. The van der Waals surface area contributed by atoms with E-state index in [-0.39, 0.29) is 25.4 Å². The van der Waals surface area contributed by atoms with Gasteiger partial charge >= 0.3 is 12.3 Å². The van der Waals surface area contributed by atoms with Gasteiger partial charge in [0.1, 0.15) is 5.75 Å². The van der Waals surface area contributed by atoms with E-state index in [1.54, 1.807) is 23.1 Å². The maximum atomic E-state index is 13.5. The number of carbonyl (C=O) groups excluding carboxylic acids is 1. The van der Waals surface area contributed by atoms with Crippen molar-refractivity contribution < 1.29 is 32.2 Å². The summed E-state index contributed by atoms with van der Waals surface area (Å²) in [5, 5.41) is 2.71. The number of carbonyl (C=O) groups is 1. The van der Waals surface area contributed by atoms with E-state index in [4.69, 9.17) is 25.8 Å². The molecule has 1 heterocycles. The number of nitrogens with one attached hydrogen (secondary N) is 1. The third kappa shape index (κ3) is 6.75. The fourth-order valence-electron chi connectivity index (χ4n) is 3.16. The molecule has 2 aromatic rings. The van der Waals surface area contributed by atoms with Gasteiger partial charge in [-0.05, 0) is 42.0 Å². The van der Waals surface area contributed by atoms with Crippen molar-refractivity contribution >= 4 is 23.4 Å². The maximum absolute atomic E-state index is 13.5. The van der Waals surface area contributed by atoms with Crippen molar-refractivity contribution in [1.29, 1.82) is 0 Å². The number of hydrogen-bond acceptors (Lipinski definition) is 5. The van der Waals surface area contributed by atoms with Crippen LogP contribution in [0.25, 0.3) is 0 Å². The molecular formula is C21H22ClF3N2O4. The molecule has 168 valence electrons. The number of nitrogens with zero attached hydrogens (tertiary/aromatic N) is 1. The van der Waals surface area contributed by atoms with E-state index < -0.39 is 31.0 Å². The zero-order valence-electron chi connectivity index (χ0n) is 16.7. The van der Waals surface area contributed by atoms with Crippen molar-refractivity contribution in [2.24, 2.45) is 0 Å². The molecule has 1 saturated heterocycles. The van der Waals surface area contributed by atoms with Crippen LogP contribution in [0.15, 0.2) is 48.5 Å². The Labute approximate surface area is 182 Å². The van der Waals surface area contributed by atoms with Gasteiger partial charge in [0.15, 0.2) is 0 Å². The summed E-state index contributed by atoms with van der Waals surface area (Å²) in [5.41, 5.74) is 1.08. The molecule has 6 nitrogen and oxygen atoms in total. The number of rotatable bonds is 6. The first-order valence-electron chi connectivity index (χ1n) is 9.52. The molecule has 31 heavy (non-hydrogen) atoms. The molecule has 0 radical (unpaired) electrons. The third-order valence-corrected chi connectivity index (χ3v) is 5.00. The van der Waals surface area contributed by atoms with Crippen LogP contribution in [0.5, 0.6) is 5.75 Å².